The first-order chi connectivity index (χ1) is 9.20. The summed E-state index contributed by atoms with van der Waals surface area (Å²) in [4.78, 5) is 4.38. The van der Waals surface area contributed by atoms with Gasteiger partial charge in [0.1, 0.15) is 5.82 Å². The van der Waals surface area contributed by atoms with Crippen molar-refractivity contribution in [3.63, 3.8) is 0 Å². The molecule has 0 saturated carbocycles. The van der Waals surface area contributed by atoms with Gasteiger partial charge in [-0.15, -0.1) is 0 Å². The van der Waals surface area contributed by atoms with Crippen LogP contribution >= 0.6 is 11.6 Å². The molecule has 0 aliphatic heterocycles. The Balaban J connectivity index is 2.54. The third-order valence-electron chi connectivity index (χ3n) is 3.33. The number of hydrogen-bond acceptors (Lipinski definition) is 1. The summed E-state index contributed by atoms with van der Waals surface area (Å²) < 4.78 is 16.2. The van der Waals surface area contributed by atoms with Crippen LogP contribution in [-0.4, -0.2) is 9.55 Å². The van der Waals surface area contributed by atoms with Gasteiger partial charge >= 0.3 is 0 Å². The fourth-order valence-electron chi connectivity index (χ4n) is 2.05. The zero-order valence-electron chi connectivity index (χ0n) is 12.5. The minimum Gasteiger partial charge on any atom is -0.334 e. The Morgan fingerprint density at radius 3 is 2.40 bits per heavy atom. The smallest absolute Gasteiger partial charge is 0.145 e. The Kier molecular flexibility index (Phi) is 3.92. The van der Waals surface area contributed by atoms with E-state index in [2.05, 4.69) is 18.8 Å². The summed E-state index contributed by atoms with van der Waals surface area (Å²) >= 11 is 6.03. The van der Waals surface area contributed by atoms with Gasteiger partial charge in [-0.25, -0.2) is 9.37 Å². The van der Waals surface area contributed by atoms with Gasteiger partial charge in [-0.05, 0) is 37.0 Å². The van der Waals surface area contributed by atoms with Crippen molar-refractivity contribution < 1.29 is 4.39 Å². The molecule has 2 aromatic rings. The summed E-state index contributed by atoms with van der Waals surface area (Å²) in [6, 6.07) is 3.82. The molecule has 0 atom stereocenters. The molecule has 2 rings (SSSR count). The van der Waals surface area contributed by atoms with E-state index in [0.29, 0.717) is 11.6 Å². The molecule has 0 aliphatic carbocycles. The lowest BCUT2D eigenvalue weighted by Crippen LogP contribution is -2.14. The van der Waals surface area contributed by atoms with E-state index in [-0.39, 0.29) is 16.3 Å². The topological polar surface area (TPSA) is 17.8 Å². The molecule has 1 aromatic carbocycles. The third kappa shape index (κ3) is 2.88. The molecular weight excluding hydrogens is 275 g/mol. The second-order valence-corrected chi connectivity index (χ2v) is 6.78. The van der Waals surface area contributed by atoms with Gasteiger partial charge in [0.25, 0.3) is 0 Å². The van der Waals surface area contributed by atoms with Crippen molar-refractivity contribution in [2.45, 2.75) is 46.1 Å². The second kappa shape index (κ2) is 5.21. The van der Waals surface area contributed by atoms with Gasteiger partial charge < -0.3 is 4.57 Å². The molecule has 0 fully saturated rings. The van der Waals surface area contributed by atoms with Gasteiger partial charge in [0.2, 0.25) is 0 Å². The van der Waals surface area contributed by atoms with Crippen LogP contribution in [-0.2, 0) is 5.41 Å². The highest BCUT2D eigenvalue weighted by Gasteiger charge is 2.22. The molecule has 1 aromatic heterocycles. The SMILES string of the molecule is CC(C)n1cnc(-c2cc(Cl)c(F)c(C(C)(C)C)c2)c1. The fourth-order valence-corrected chi connectivity index (χ4v) is 2.27. The van der Waals surface area contributed by atoms with Crippen LogP contribution in [0.4, 0.5) is 4.39 Å². The van der Waals surface area contributed by atoms with Crippen LogP contribution in [0.2, 0.25) is 5.02 Å². The third-order valence-corrected chi connectivity index (χ3v) is 3.60. The lowest BCUT2D eigenvalue weighted by molar-refractivity contribution is 0.523. The maximum Gasteiger partial charge on any atom is 0.145 e. The molecular formula is C16H20ClFN2. The summed E-state index contributed by atoms with van der Waals surface area (Å²) in [6.45, 7) is 10.1. The number of aromatic nitrogens is 2. The van der Waals surface area contributed by atoms with Gasteiger partial charge in [0.15, 0.2) is 0 Å². The number of rotatable bonds is 2. The van der Waals surface area contributed by atoms with E-state index in [9.17, 15) is 4.39 Å². The Morgan fingerprint density at radius 1 is 1.25 bits per heavy atom. The normalized spacial score (nSPS) is 12.2. The maximum atomic E-state index is 14.2. The first-order valence-corrected chi connectivity index (χ1v) is 7.11. The Hall–Kier alpha value is -1.35. The number of imidazole rings is 1. The molecule has 0 amide bonds. The minimum atomic E-state index is -0.341. The molecule has 108 valence electrons. The average molecular weight is 295 g/mol. The van der Waals surface area contributed by atoms with Gasteiger partial charge in [0.05, 0.1) is 17.0 Å². The summed E-state index contributed by atoms with van der Waals surface area (Å²) in [5.41, 5.74) is 1.97. The number of nitrogens with zero attached hydrogens (tertiary/aromatic N) is 2. The van der Waals surface area contributed by atoms with Gasteiger partial charge in [-0.3, -0.25) is 0 Å². The summed E-state index contributed by atoms with van der Waals surface area (Å²) in [7, 11) is 0. The van der Waals surface area contributed by atoms with E-state index in [4.69, 9.17) is 11.6 Å². The first-order valence-electron chi connectivity index (χ1n) is 6.73. The molecule has 0 spiro atoms. The van der Waals surface area contributed by atoms with Gasteiger partial charge in [0, 0.05) is 17.8 Å². The molecule has 1 heterocycles. The van der Waals surface area contributed by atoms with E-state index in [0.717, 1.165) is 11.3 Å². The number of hydrogen-bond donors (Lipinski definition) is 0. The maximum absolute atomic E-state index is 14.2. The van der Waals surface area contributed by atoms with Crippen molar-refractivity contribution in [2.75, 3.05) is 0 Å². The molecule has 2 nitrogen and oxygen atoms in total. The average Bonchev–Trinajstić information content (AvgIpc) is 2.80. The van der Waals surface area contributed by atoms with Crippen LogP contribution in [0, 0.1) is 5.82 Å². The second-order valence-electron chi connectivity index (χ2n) is 6.37. The van der Waals surface area contributed by atoms with E-state index in [1.165, 1.54) is 0 Å². The number of benzene rings is 1. The lowest BCUT2D eigenvalue weighted by atomic mass is 9.85. The molecule has 0 aliphatic rings. The van der Waals surface area contributed by atoms with Crippen molar-refractivity contribution in [1.29, 1.82) is 0 Å². The highest BCUT2D eigenvalue weighted by Crippen LogP contribution is 2.33. The largest absolute Gasteiger partial charge is 0.334 e. The van der Waals surface area contributed by atoms with Crippen molar-refractivity contribution >= 4 is 11.6 Å². The summed E-state index contributed by atoms with van der Waals surface area (Å²) in [5.74, 6) is -0.341. The zero-order chi connectivity index (χ0) is 15.1. The van der Waals surface area contributed by atoms with Crippen LogP contribution in [0.3, 0.4) is 0 Å². The summed E-state index contributed by atoms with van der Waals surface area (Å²) in [5, 5.41) is 0.145. The molecule has 0 bridgehead atoms. The molecule has 0 saturated heterocycles. The van der Waals surface area contributed by atoms with Crippen molar-refractivity contribution in [3.05, 3.63) is 41.1 Å². The standard InChI is InChI=1S/C16H20ClFN2/c1-10(2)20-8-14(19-9-20)11-6-12(16(3,4)5)15(18)13(17)7-11/h6-10H,1-5H3. The first kappa shape index (κ1) is 15.0. The van der Waals surface area contributed by atoms with Crippen LogP contribution in [0.15, 0.2) is 24.7 Å². The van der Waals surface area contributed by atoms with Gasteiger partial charge in [-0.2, -0.15) is 0 Å². The predicted molar refractivity (Wildman–Crippen MR) is 81.7 cm³/mol. The number of halogens is 2. The van der Waals surface area contributed by atoms with E-state index < -0.39 is 0 Å². The molecule has 0 N–H and O–H groups in total. The van der Waals surface area contributed by atoms with E-state index >= 15 is 0 Å². The van der Waals surface area contributed by atoms with Crippen LogP contribution in [0.1, 0.15) is 46.2 Å². The Morgan fingerprint density at radius 2 is 1.90 bits per heavy atom. The van der Waals surface area contributed by atoms with Crippen LogP contribution in [0.5, 0.6) is 0 Å². The van der Waals surface area contributed by atoms with Crippen molar-refractivity contribution in [2.24, 2.45) is 0 Å². The minimum absolute atomic E-state index is 0.145. The fraction of sp³-hybridized carbons (Fsp3) is 0.438. The lowest BCUT2D eigenvalue weighted by Gasteiger charge is -2.21. The Bertz CT molecular complexity index is 624. The predicted octanol–water partition coefficient (Wildman–Crippen LogP) is 5.22. The quantitative estimate of drug-likeness (QED) is 0.742. The highest BCUT2D eigenvalue weighted by molar-refractivity contribution is 6.31. The molecule has 0 unspecified atom stereocenters. The van der Waals surface area contributed by atoms with E-state index in [1.54, 1.807) is 12.4 Å². The monoisotopic (exact) mass is 294 g/mol. The van der Waals surface area contributed by atoms with Crippen LogP contribution < -0.4 is 0 Å². The Labute approximate surface area is 124 Å². The van der Waals surface area contributed by atoms with Gasteiger partial charge in [-0.1, -0.05) is 32.4 Å². The zero-order valence-corrected chi connectivity index (χ0v) is 13.3. The van der Waals surface area contributed by atoms with Crippen molar-refractivity contribution in [3.8, 4) is 11.3 Å². The highest BCUT2D eigenvalue weighted by atomic mass is 35.5. The van der Waals surface area contributed by atoms with E-state index in [1.807, 2.05) is 37.6 Å². The molecule has 0 radical (unpaired) electrons. The molecule has 4 heteroatoms. The molecule has 20 heavy (non-hydrogen) atoms. The summed E-state index contributed by atoms with van der Waals surface area (Å²) in [6.07, 6.45) is 3.74. The van der Waals surface area contributed by atoms with Crippen LogP contribution in [0.25, 0.3) is 11.3 Å². The van der Waals surface area contributed by atoms with Crippen molar-refractivity contribution in [1.82, 2.24) is 9.55 Å².